The van der Waals surface area contributed by atoms with Crippen LogP contribution in [0.3, 0.4) is 0 Å². The Kier molecular flexibility index (Phi) is 6.61. The molecule has 0 aliphatic heterocycles. The summed E-state index contributed by atoms with van der Waals surface area (Å²) in [5.41, 5.74) is 3.58. The number of ether oxygens (including phenoxy) is 1. The lowest BCUT2D eigenvalue weighted by atomic mass is 10.1. The molecule has 28 heavy (non-hydrogen) atoms. The Morgan fingerprint density at radius 2 is 1.57 bits per heavy atom. The van der Waals surface area contributed by atoms with Crippen LogP contribution in [0.4, 0.5) is 5.00 Å². The average Bonchev–Trinajstić information content (AvgIpc) is 3.02. The van der Waals surface area contributed by atoms with Gasteiger partial charge in [-0.2, -0.15) is 0 Å². The van der Waals surface area contributed by atoms with Crippen LogP contribution < -0.4 is 5.32 Å². The molecule has 0 bridgehead atoms. The normalized spacial score (nSPS) is 10.5. The van der Waals surface area contributed by atoms with Crippen molar-refractivity contribution in [3.8, 4) is 0 Å². The van der Waals surface area contributed by atoms with Gasteiger partial charge in [-0.05, 0) is 30.0 Å². The van der Waals surface area contributed by atoms with Gasteiger partial charge in [0.05, 0.1) is 12.7 Å². The fourth-order valence-corrected chi connectivity index (χ4v) is 4.28. The minimum atomic E-state index is -0.425. The van der Waals surface area contributed by atoms with Crippen molar-refractivity contribution >= 4 is 28.2 Å². The number of carbonyl (C=O) groups excluding carboxylic acids is 2. The molecule has 0 atom stereocenters. The van der Waals surface area contributed by atoms with Crippen molar-refractivity contribution in [2.24, 2.45) is 0 Å². The van der Waals surface area contributed by atoms with Crippen molar-refractivity contribution in [2.45, 2.75) is 26.2 Å². The van der Waals surface area contributed by atoms with Gasteiger partial charge in [-0.15, -0.1) is 11.3 Å². The highest BCUT2D eigenvalue weighted by Gasteiger charge is 2.23. The van der Waals surface area contributed by atoms with Gasteiger partial charge in [0, 0.05) is 17.7 Å². The standard InChI is InChI=1S/C23H23NO3S/c1-16-19(15-18-11-7-4-8-12-18)28-22(21(16)23(26)27-2)24-20(25)14-13-17-9-5-3-6-10-17/h3-12H,13-15H2,1-2H3,(H,24,25). The van der Waals surface area contributed by atoms with E-state index in [-0.39, 0.29) is 5.91 Å². The second-order valence-corrected chi connectivity index (χ2v) is 7.65. The van der Waals surface area contributed by atoms with Gasteiger partial charge in [-0.3, -0.25) is 4.79 Å². The predicted octanol–water partition coefficient (Wildman–Crippen LogP) is 5.01. The van der Waals surface area contributed by atoms with Crippen LogP contribution >= 0.6 is 11.3 Å². The Morgan fingerprint density at radius 3 is 2.18 bits per heavy atom. The zero-order valence-electron chi connectivity index (χ0n) is 16.0. The second-order valence-electron chi connectivity index (χ2n) is 6.54. The van der Waals surface area contributed by atoms with Gasteiger partial charge in [0.25, 0.3) is 0 Å². The molecule has 1 amide bonds. The number of hydrogen-bond donors (Lipinski definition) is 1. The van der Waals surface area contributed by atoms with E-state index in [4.69, 9.17) is 4.74 Å². The van der Waals surface area contributed by atoms with Gasteiger partial charge in [0.2, 0.25) is 5.91 Å². The number of thiophene rings is 1. The number of hydrogen-bond acceptors (Lipinski definition) is 4. The fourth-order valence-electron chi connectivity index (χ4n) is 3.04. The molecule has 0 saturated carbocycles. The molecular formula is C23H23NO3S. The average molecular weight is 394 g/mol. The van der Waals surface area contributed by atoms with Crippen LogP contribution in [-0.4, -0.2) is 19.0 Å². The molecule has 0 saturated heterocycles. The van der Waals surface area contributed by atoms with Gasteiger partial charge in [0.15, 0.2) is 0 Å². The van der Waals surface area contributed by atoms with Gasteiger partial charge in [-0.1, -0.05) is 60.7 Å². The molecule has 0 aliphatic carbocycles. The zero-order valence-corrected chi connectivity index (χ0v) is 16.8. The Hall–Kier alpha value is -2.92. The van der Waals surface area contributed by atoms with E-state index in [1.54, 1.807) is 0 Å². The molecule has 144 valence electrons. The fraction of sp³-hybridized carbons (Fsp3) is 0.217. The van der Waals surface area contributed by atoms with Crippen LogP contribution in [0.5, 0.6) is 0 Å². The van der Waals surface area contributed by atoms with E-state index in [0.717, 1.165) is 21.6 Å². The van der Waals surface area contributed by atoms with Crippen molar-refractivity contribution in [1.82, 2.24) is 0 Å². The number of aryl methyl sites for hydroxylation is 1. The van der Waals surface area contributed by atoms with E-state index in [0.29, 0.717) is 29.8 Å². The topological polar surface area (TPSA) is 55.4 Å². The number of rotatable bonds is 7. The van der Waals surface area contributed by atoms with E-state index >= 15 is 0 Å². The molecule has 0 unspecified atom stereocenters. The number of anilines is 1. The molecule has 0 spiro atoms. The Morgan fingerprint density at radius 1 is 0.964 bits per heavy atom. The van der Waals surface area contributed by atoms with Crippen LogP contribution in [0.25, 0.3) is 0 Å². The molecule has 2 aromatic carbocycles. The molecule has 1 heterocycles. The van der Waals surface area contributed by atoms with Crippen molar-refractivity contribution in [2.75, 3.05) is 12.4 Å². The third-order valence-electron chi connectivity index (χ3n) is 4.58. The molecular weight excluding hydrogens is 370 g/mol. The number of amides is 1. The maximum atomic E-state index is 12.5. The first-order chi connectivity index (χ1) is 13.6. The van der Waals surface area contributed by atoms with Gasteiger partial charge < -0.3 is 10.1 Å². The highest BCUT2D eigenvalue weighted by atomic mass is 32.1. The number of nitrogens with one attached hydrogen (secondary N) is 1. The molecule has 0 aliphatic rings. The molecule has 3 aromatic rings. The summed E-state index contributed by atoms with van der Waals surface area (Å²) < 4.78 is 4.95. The van der Waals surface area contributed by atoms with Crippen LogP contribution in [-0.2, 0) is 22.4 Å². The monoisotopic (exact) mass is 393 g/mol. The lowest BCUT2D eigenvalue weighted by Crippen LogP contribution is -2.14. The summed E-state index contributed by atoms with van der Waals surface area (Å²) >= 11 is 1.44. The molecule has 3 rings (SSSR count). The van der Waals surface area contributed by atoms with Crippen molar-refractivity contribution in [3.05, 3.63) is 87.8 Å². The first kappa shape index (κ1) is 19.8. The first-order valence-corrected chi connectivity index (χ1v) is 9.98. The van der Waals surface area contributed by atoms with Crippen molar-refractivity contribution in [3.63, 3.8) is 0 Å². The lowest BCUT2D eigenvalue weighted by Gasteiger charge is -2.06. The Balaban J connectivity index is 1.77. The van der Waals surface area contributed by atoms with E-state index in [9.17, 15) is 9.59 Å². The van der Waals surface area contributed by atoms with Gasteiger partial charge in [0.1, 0.15) is 5.00 Å². The summed E-state index contributed by atoms with van der Waals surface area (Å²) in [4.78, 5) is 25.8. The number of esters is 1. The number of carbonyl (C=O) groups is 2. The summed E-state index contributed by atoms with van der Waals surface area (Å²) in [6, 6.07) is 19.9. The van der Waals surface area contributed by atoms with Crippen LogP contribution in [0.15, 0.2) is 60.7 Å². The third-order valence-corrected chi connectivity index (χ3v) is 5.79. The summed E-state index contributed by atoms with van der Waals surface area (Å²) in [5.74, 6) is -0.534. The SMILES string of the molecule is COC(=O)c1c(NC(=O)CCc2ccccc2)sc(Cc2ccccc2)c1C. The van der Waals surface area contributed by atoms with E-state index < -0.39 is 5.97 Å². The number of methoxy groups -OCH3 is 1. The summed E-state index contributed by atoms with van der Waals surface area (Å²) in [7, 11) is 1.36. The largest absolute Gasteiger partial charge is 0.465 e. The molecule has 4 nitrogen and oxygen atoms in total. The molecule has 0 fully saturated rings. The number of benzene rings is 2. The molecule has 0 radical (unpaired) electrons. The van der Waals surface area contributed by atoms with Crippen LogP contribution in [0, 0.1) is 6.92 Å². The lowest BCUT2D eigenvalue weighted by molar-refractivity contribution is -0.116. The second kappa shape index (κ2) is 9.33. The molecule has 1 N–H and O–H groups in total. The highest BCUT2D eigenvalue weighted by molar-refractivity contribution is 7.17. The van der Waals surface area contributed by atoms with Crippen molar-refractivity contribution in [1.29, 1.82) is 0 Å². The zero-order chi connectivity index (χ0) is 19.9. The quantitative estimate of drug-likeness (QED) is 0.575. The maximum Gasteiger partial charge on any atom is 0.341 e. The third kappa shape index (κ3) is 4.87. The summed E-state index contributed by atoms with van der Waals surface area (Å²) in [5, 5.41) is 3.49. The highest BCUT2D eigenvalue weighted by Crippen LogP contribution is 2.35. The van der Waals surface area contributed by atoms with Crippen molar-refractivity contribution < 1.29 is 14.3 Å². The van der Waals surface area contributed by atoms with Crippen LogP contribution in [0.2, 0.25) is 0 Å². The van der Waals surface area contributed by atoms with Gasteiger partial charge in [-0.25, -0.2) is 4.79 Å². The van der Waals surface area contributed by atoms with E-state index in [1.807, 2.05) is 55.5 Å². The van der Waals surface area contributed by atoms with E-state index in [1.165, 1.54) is 18.4 Å². The maximum absolute atomic E-state index is 12.5. The smallest absolute Gasteiger partial charge is 0.341 e. The van der Waals surface area contributed by atoms with Gasteiger partial charge >= 0.3 is 5.97 Å². The first-order valence-electron chi connectivity index (χ1n) is 9.16. The summed E-state index contributed by atoms with van der Waals surface area (Å²) in [6.45, 7) is 1.90. The van der Waals surface area contributed by atoms with Crippen LogP contribution in [0.1, 0.15) is 38.3 Å². The molecule has 1 aromatic heterocycles. The Labute approximate surface area is 169 Å². The minimum Gasteiger partial charge on any atom is -0.465 e. The summed E-state index contributed by atoms with van der Waals surface area (Å²) in [6.07, 6.45) is 1.72. The minimum absolute atomic E-state index is 0.110. The Bertz CT molecular complexity index is 949. The predicted molar refractivity (Wildman–Crippen MR) is 113 cm³/mol. The van der Waals surface area contributed by atoms with E-state index in [2.05, 4.69) is 17.4 Å². The molecule has 5 heteroatoms.